The van der Waals surface area contributed by atoms with Gasteiger partial charge in [-0.2, -0.15) is 13.2 Å². The summed E-state index contributed by atoms with van der Waals surface area (Å²) in [4.78, 5) is 12.8. The Labute approximate surface area is 119 Å². The summed E-state index contributed by atoms with van der Waals surface area (Å²) in [6, 6.07) is 3.91. The SMILES string of the molecule is CC(=O)N1CC=C(c2ccc(Cl)c(C(F)(F)F)c2)CC1. The van der Waals surface area contributed by atoms with Gasteiger partial charge in [-0.25, -0.2) is 0 Å². The molecule has 0 saturated carbocycles. The van der Waals surface area contributed by atoms with Gasteiger partial charge in [0.05, 0.1) is 10.6 Å². The average Bonchev–Trinajstić information content (AvgIpc) is 2.38. The van der Waals surface area contributed by atoms with Crippen molar-refractivity contribution in [3.8, 4) is 0 Å². The van der Waals surface area contributed by atoms with Crippen molar-refractivity contribution < 1.29 is 18.0 Å². The van der Waals surface area contributed by atoms with Crippen LogP contribution in [0, 0.1) is 0 Å². The number of hydrogen-bond donors (Lipinski definition) is 0. The summed E-state index contributed by atoms with van der Waals surface area (Å²) in [5.74, 6) is -0.0348. The third-order valence-corrected chi connectivity index (χ3v) is 3.63. The molecule has 0 unspecified atom stereocenters. The molecule has 1 aromatic carbocycles. The second kappa shape index (κ2) is 5.48. The van der Waals surface area contributed by atoms with E-state index in [1.54, 1.807) is 17.0 Å². The van der Waals surface area contributed by atoms with Crippen LogP contribution >= 0.6 is 11.6 Å². The molecule has 0 aromatic heterocycles. The largest absolute Gasteiger partial charge is 0.417 e. The number of amides is 1. The molecule has 6 heteroatoms. The summed E-state index contributed by atoms with van der Waals surface area (Å²) in [7, 11) is 0. The van der Waals surface area contributed by atoms with E-state index in [1.165, 1.54) is 13.0 Å². The number of halogens is 4. The van der Waals surface area contributed by atoms with Crippen LogP contribution in [0.4, 0.5) is 13.2 Å². The first kappa shape index (κ1) is 14.9. The molecule has 1 aliphatic heterocycles. The highest BCUT2D eigenvalue weighted by Crippen LogP contribution is 2.37. The Balaban J connectivity index is 2.29. The molecule has 0 N–H and O–H groups in total. The molecule has 0 atom stereocenters. The van der Waals surface area contributed by atoms with E-state index in [9.17, 15) is 18.0 Å². The molecule has 2 nitrogen and oxygen atoms in total. The molecular formula is C14H13ClF3NO. The minimum absolute atomic E-state index is 0.0348. The van der Waals surface area contributed by atoms with Gasteiger partial charge in [0.25, 0.3) is 0 Å². The molecule has 0 bridgehead atoms. The van der Waals surface area contributed by atoms with Crippen molar-refractivity contribution in [3.05, 3.63) is 40.4 Å². The van der Waals surface area contributed by atoms with Crippen molar-refractivity contribution in [1.29, 1.82) is 0 Å². The van der Waals surface area contributed by atoms with Crippen LogP contribution in [0.2, 0.25) is 5.02 Å². The molecule has 1 amide bonds. The average molecular weight is 304 g/mol. The monoisotopic (exact) mass is 303 g/mol. The molecule has 108 valence electrons. The third kappa shape index (κ3) is 3.15. The van der Waals surface area contributed by atoms with E-state index >= 15 is 0 Å². The molecule has 1 aliphatic rings. The number of carbonyl (C=O) groups excluding carboxylic acids is 1. The van der Waals surface area contributed by atoms with Crippen LogP contribution in [-0.4, -0.2) is 23.9 Å². The predicted molar refractivity (Wildman–Crippen MR) is 71.3 cm³/mol. The van der Waals surface area contributed by atoms with Gasteiger partial charge in [-0.15, -0.1) is 0 Å². The van der Waals surface area contributed by atoms with Gasteiger partial charge in [0.2, 0.25) is 5.91 Å². The molecule has 0 aliphatic carbocycles. The number of nitrogens with zero attached hydrogens (tertiary/aromatic N) is 1. The maximum Gasteiger partial charge on any atom is 0.417 e. The smallest absolute Gasteiger partial charge is 0.339 e. The quantitative estimate of drug-likeness (QED) is 0.768. The van der Waals surface area contributed by atoms with Crippen molar-refractivity contribution in [3.63, 3.8) is 0 Å². The van der Waals surface area contributed by atoms with Crippen molar-refractivity contribution in [2.75, 3.05) is 13.1 Å². The fraction of sp³-hybridized carbons (Fsp3) is 0.357. The molecule has 0 fully saturated rings. The Kier molecular flexibility index (Phi) is 4.09. The van der Waals surface area contributed by atoms with E-state index in [-0.39, 0.29) is 10.9 Å². The minimum Gasteiger partial charge on any atom is -0.339 e. The van der Waals surface area contributed by atoms with Crippen LogP contribution in [0.1, 0.15) is 24.5 Å². The lowest BCUT2D eigenvalue weighted by molar-refractivity contribution is -0.137. The molecule has 0 radical (unpaired) electrons. The molecule has 0 spiro atoms. The van der Waals surface area contributed by atoms with Crippen LogP contribution in [0.5, 0.6) is 0 Å². The van der Waals surface area contributed by atoms with Gasteiger partial charge >= 0.3 is 6.18 Å². The van der Waals surface area contributed by atoms with Gasteiger partial charge in [0.1, 0.15) is 0 Å². The number of alkyl halides is 3. The van der Waals surface area contributed by atoms with Gasteiger partial charge in [-0.1, -0.05) is 23.7 Å². The summed E-state index contributed by atoms with van der Waals surface area (Å²) in [6.45, 7) is 2.42. The van der Waals surface area contributed by atoms with Crippen LogP contribution in [0.3, 0.4) is 0 Å². The maximum absolute atomic E-state index is 12.8. The number of hydrogen-bond acceptors (Lipinski definition) is 1. The van der Waals surface area contributed by atoms with Gasteiger partial charge in [0.15, 0.2) is 0 Å². The highest BCUT2D eigenvalue weighted by atomic mass is 35.5. The second-order valence-electron chi connectivity index (χ2n) is 4.64. The van der Waals surface area contributed by atoms with Gasteiger partial charge in [-0.3, -0.25) is 4.79 Å². The van der Waals surface area contributed by atoms with E-state index in [0.29, 0.717) is 25.1 Å². The van der Waals surface area contributed by atoms with Crippen LogP contribution in [0.25, 0.3) is 5.57 Å². The Bertz CT molecular complexity index is 566. The zero-order valence-electron chi connectivity index (χ0n) is 10.8. The molecule has 2 rings (SSSR count). The van der Waals surface area contributed by atoms with E-state index in [1.807, 2.05) is 0 Å². The van der Waals surface area contributed by atoms with Crippen LogP contribution in [-0.2, 0) is 11.0 Å². The third-order valence-electron chi connectivity index (χ3n) is 3.30. The minimum atomic E-state index is -4.46. The Morgan fingerprint density at radius 2 is 2.05 bits per heavy atom. The standard InChI is InChI=1S/C14H13ClF3NO/c1-9(20)19-6-4-10(5-7-19)11-2-3-13(15)12(8-11)14(16,17)18/h2-4,8H,5-7H2,1H3. The molecule has 1 aromatic rings. The van der Waals surface area contributed by atoms with E-state index in [4.69, 9.17) is 11.6 Å². The first-order valence-electron chi connectivity index (χ1n) is 6.10. The first-order valence-corrected chi connectivity index (χ1v) is 6.48. The lowest BCUT2D eigenvalue weighted by Crippen LogP contribution is -2.32. The topological polar surface area (TPSA) is 20.3 Å². The Morgan fingerprint density at radius 3 is 2.55 bits per heavy atom. The normalized spacial score (nSPS) is 16.1. The maximum atomic E-state index is 12.8. The first-order chi connectivity index (χ1) is 9.29. The van der Waals surface area contributed by atoms with Crippen molar-refractivity contribution in [2.24, 2.45) is 0 Å². The highest BCUT2D eigenvalue weighted by molar-refractivity contribution is 6.31. The zero-order chi connectivity index (χ0) is 14.9. The Hall–Kier alpha value is -1.49. The predicted octanol–water partition coefficient (Wildman–Crippen LogP) is 3.99. The molecule has 0 saturated heterocycles. The number of benzene rings is 1. The zero-order valence-corrected chi connectivity index (χ0v) is 11.6. The highest BCUT2D eigenvalue weighted by Gasteiger charge is 2.33. The summed E-state index contributed by atoms with van der Waals surface area (Å²) in [5.41, 5.74) is 0.487. The summed E-state index contributed by atoms with van der Waals surface area (Å²) < 4.78 is 38.4. The Morgan fingerprint density at radius 1 is 1.35 bits per heavy atom. The van der Waals surface area contributed by atoms with E-state index in [0.717, 1.165) is 11.6 Å². The second-order valence-corrected chi connectivity index (χ2v) is 5.04. The number of rotatable bonds is 1. The van der Waals surface area contributed by atoms with Gasteiger partial charge < -0.3 is 4.90 Å². The van der Waals surface area contributed by atoms with Gasteiger partial charge in [0, 0.05) is 20.0 Å². The van der Waals surface area contributed by atoms with Crippen LogP contribution < -0.4 is 0 Å². The molecular weight excluding hydrogens is 291 g/mol. The van der Waals surface area contributed by atoms with E-state index < -0.39 is 11.7 Å². The lowest BCUT2D eigenvalue weighted by atomic mass is 9.97. The van der Waals surface area contributed by atoms with Crippen LogP contribution in [0.15, 0.2) is 24.3 Å². The fourth-order valence-corrected chi connectivity index (χ4v) is 2.38. The summed E-state index contributed by atoms with van der Waals surface area (Å²) in [5, 5.41) is -0.303. The summed E-state index contributed by atoms with van der Waals surface area (Å²) in [6.07, 6.45) is -2.14. The fourth-order valence-electron chi connectivity index (χ4n) is 2.16. The lowest BCUT2D eigenvalue weighted by Gasteiger charge is -2.25. The van der Waals surface area contributed by atoms with Gasteiger partial charge in [-0.05, 0) is 29.7 Å². The van der Waals surface area contributed by atoms with E-state index in [2.05, 4.69) is 0 Å². The number of carbonyl (C=O) groups is 1. The van der Waals surface area contributed by atoms with Crippen molar-refractivity contribution in [1.82, 2.24) is 4.90 Å². The van der Waals surface area contributed by atoms with Crippen molar-refractivity contribution >= 4 is 23.1 Å². The summed E-state index contributed by atoms with van der Waals surface area (Å²) >= 11 is 5.59. The molecule has 1 heterocycles. The molecule has 20 heavy (non-hydrogen) atoms. The van der Waals surface area contributed by atoms with Crippen molar-refractivity contribution in [2.45, 2.75) is 19.5 Å².